The Morgan fingerprint density at radius 3 is 2.60 bits per heavy atom. The Kier molecular flexibility index (Phi) is 8.52. The number of aliphatic hydroxyl groups excluding tert-OH is 1. The third-order valence-electron chi connectivity index (χ3n) is 7.89. The minimum Gasteiger partial charge on any atom is -0.505 e. The number of ether oxygens (including phenoxy) is 2. The van der Waals surface area contributed by atoms with Gasteiger partial charge in [0.05, 0.1) is 40.7 Å². The Morgan fingerprint density at radius 2 is 1.84 bits per heavy atom. The number of halogens is 1. The number of pyridine rings is 1. The average Bonchev–Trinajstić information content (AvgIpc) is 3.67. The highest BCUT2D eigenvalue weighted by Gasteiger charge is 2.49. The lowest BCUT2D eigenvalue weighted by molar-refractivity contribution is -0.132. The van der Waals surface area contributed by atoms with E-state index in [2.05, 4.69) is 6.92 Å². The lowest BCUT2D eigenvalue weighted by Crippen LogP contribution is -2.29. The van der Waals surface area contributed by atoms with Crippen molar-refractivity contribution in [3.05, 3.63) is 87.8 Å². The predicted molar refractivity (Wildman–Crippen MR) is 177 cm³/mol. The van der Waals surface area contributed by atoms with Crippen molar-refractivity contribution in [3.63, 3.8) is 0 Å². The molecule has 0 saturated carbocycles. The number of nitrogens with zero attached hydrogens (tertiary/aromatic N) is 4. The SMILES string of the molecule is CCCCCOc1ccc(C2/C(=C(\O)c3nc4c(C)cccn4c3C)C(=O)C(=O)N2c2nc3ccc(Cl)cc3s2)cc1OCC. The number of amides is 1. The van der Waals surface area contributed by atoms with E-state index < -0.39 is 17.7 Å². The number of Topliss-reactive ketones (excluding diaryl/α,β-unsaturated/α-hetero) is 1. The van der Waals surface area contributed by atoms with E-state index in [0.717, 1.165) is 29.5 Å². The number of unbranched alkanes of at least 4 members (excludes halogenated alkanes) is 2. The van der Waals surface area contributed by atoms with Gasteiger partial charge >= 0.3 is 5.91 Å². The predicted octanol–water partition coefficient (Wildman–Crippen LogP) is 7.81. The summed E-state index contributed by atoms with van der Waals surface area (Å²) < 4.78 is 14.6. The first-order valence-electron chi connectivity index (χ1n) is 14.9. The Hall–Kier alpha value is -4.41. The molecule has 232 valence electrons. The van der Waals surface area contributed by atoms with Gasteiger partial charge in [0.2, 0.25) is 0 Å². The van der Waals surface area contributed by atoms with E-state index in [1.807, 2.05) is 43.5 Å². The number of aryl methyl sites for hydroxylation is 2. The molecule has 0 spiro atoms. The highest BCUT2D eigenvalue weighted by Crippen LogP contribution is 2.46. The standard InChI is InChI=1S/C34H33ClN4O5S/c1-5-7-8-16-44-24-14-11-21(17-25(24)43-6-2)29-27(30(40)28-20(4)38-15-9-10-19(3)32(38)37-28)31(41)33(42)39(29)34-36-23-13-12-22(35)18-26(23)45-34/h9-15,17-18,29,40H,5-8,16H2,1-4H3/b30-27+. The van der Waals surface area contributed by atoms with Crippen LogP contribution in [0.15, 0.2) is 60.3 Å². The van der Waals surface area contributed by atoms with Gasteiger partial charge in [0, 0.05) is 11.2 Å². The first-order valence-corrected chi connectivity index (χ1v) is 16.1. The van der Waals surface area contributed by atoms with Gasteiger partial charge in [0.1, 0.15) is 11.3 Å². The molecule has 2 aromatic carbocycles. The number of fused-ring (bicyclic) bond motifs is 2. The quantitative estimate of drug-likeness (QED) is 0.0715. The zero-order chi connectivity index (χ0) is 31.8. The maximum atomic E-state index is 13.9. The summed E-state index contributed by atoms with van der Waals surface area (Å²) in [7, 11) is 0. The van der Waals surface area contributed by atoms with Crippen molar-refractivity contribution in [2.45, 2.75) is 53.0 Å². The van der Waals surface area contributed by atoms with E-state index in [1.165, 1.54) is 16.2 Å². The smallest absolute Gasteiger partial charge is 0.301 e. The Morgan fingerprint density at radius 1 is 1.02 bits per heavy atom. The first-order chi connectivity index (χ1) is 21.7. The van der Waals surface area contributed by atoms with Gasteiger partial charge in [-0.2, -0.15) is 0 Å². The number of rotatable bonds is 10. The molecule has 11 heteroatoms. The summed E-state index contributed by atoms with van der Waals surface area (Å²) in [6.07, 6.45) is 4.87. The van der Waals surface area contributed by atoms with Crippen LogP contribution in [-0.2, 0) is 9.59 Å². The molecule has 5 aromatic rings. The number of carbonyl (C=O) groups excluding carboxylic acids is 2. The number of hydrogen-bond donors (Lipinski definition) is 1. The molecule has 1 N–H and O–H groups in total. The molecule has 9 nitrogen and oxygen atoms in total. The molecule has 1 amide bonds. The van der Waals surface area contributed by atoms with Crippen molar-refractivity contribution in [1.29, 1.82) is 0 Å². The Bertz CT molecular complexity index is 1980. The van der Waals surface area contributed by atoms with Crippen LogP contribution >= 0.6 is 22.9 Å². The van der Waals surface area contributed by atoms with Crippen LogP contribution in [-0.4, -0.2) is 44.4 Å². The lowest BCUT2D eigenvalue weighted by atomic mass is 9.96. The molecule has 3 aromatic heterocycles. The zero-order valence-corrected chi connectivity index (χ0v) is 27.0. The van der Waals surface area contributed by atoms with Crippen LogP contribution in [0.1, 0.15) is 61.7 Å². The highest BCUT2D eigenvalue weighted by atomic mass is 35.5. The molecule has 6 rings (SSSR count). The molecule has 1 aliphatic heterocycles. The van der Waals surface area contributed by atoms with Crippen molar-refractivity contribution >= 4 is 61.4 Å². The first kappa shape index (κ1) is 30.6. The summed E-state index contributed by atoms with van der Waals surface area (Å²) in [5.41, 5.74) is 3.52. The summed E-state index contributed by atoms with van der Waals surface area (Å²) in [6, 6.07) is 13.4. The van der Waals surface area contributed by atoms with Crippen LogP contribution in [0.2, 0.25) is 5.02 Å². The third kappa shape index (κ3) is 5.53. The van der Waals surface area contributed by atoms with Crippen molar-refractivity contribution < 1.29 is 24.2 Å². The summed E-state index contributed by atoms with van der Waals surface area (Å²) in [6.45, 7) is 8.66. The number of aliphatic hydroxyl groups is 1. The average molecular weight is 645 g/mol. The van der Waals surface area contributed by atoms with Crippen LogP contribution < -0.4 is 14.4 Å². The van der Waals surface area contributed by atoms with Gasteiger partial charge in [-0.05, 0) is 74.7 Å². The second-order valence-electron chi connectivity index (χ2n) is 10.9. The number of imidazole rings is 1. The van der Waals surface area contributed by atoms with E-state index in [4.69, 9.17) is 31.0 Å². The van der Waals surface area contributed by atoms with Crippen molar-refractivity contribution in [3.8, 4) is 11.5 Å². The number of ketones is 1. The van der Waals surface area contributed by atoms with Crippen LogP contribution in [0.3, 0.4) is 0 Å². The number of carbonyl (C=O) groups is 2. The fraction of sp³-hybridized carbons (Fsp3) is 0.294. The number of thiazole rings is 1. The Balaban J connectivity index is 1.54. The van der Waals surface area contributed by atoms with Crippen molar-refractivity contribution in [2.24, 2.45) is 0 Å². The minimum atomic E-state index is -1.01. The topological polar surface area (TPSA) is 106 Å². The van der Waals surface area contributed by atoms with Crippen molar-refractivity contribution in [2.75, 3.05) is 18.1 Å². The summed E-state index contributed by atoms with van der Waals surface area (Å²) in [4.78, 5) is 38.5. The van der Waals surface area contributed by atoms with Crippen LogP contribution in [0, 0.1) is 13.8 Å². The van der Waals surface area contributed by atoms with Crippen LogP contribution in [0.25, 0.3) is 21.6 Å². The van der Waals surface area contributed by atoms with Gasteiger partial charge in [0.15, 0.2) is 22.4 Å². The lowest BCUT2D eigenvalue weighted by Gasteiger charge is -2.24. The molecule has 1 aliphatic rings. The number of anilines is 1. The highest BCUT2D eigenvalue weighted by molar-refractivity contribution is 7.22. The van der Waals surface area contributed by atoms with Gasteiger partial charge in [-0.3, -0.25) is 14.5 Å². The largest absolute Gasteiger partial charge is 0.505 e. The molecule has 0 radical (unpaired) electrons. The van der Waals surface area contributed by atoms with E-state index in [-0.39, 0.29) is 17.0 Å². The maximum absolute atomic E-state index is 13.9. The molecule has 1 atom stereocenters. The molecule has 1 fully saturated rings. The third-order valence-corrected chi connectivity index (χ3v) is 9.14. The van der Waals surface area contributed by atoms with Gasteiger partial charge in [-0.1, -0.05) is 54.8 Å². The normalized spacial score (nSPS) is 16.3. The molecule has 45 heavy (non-hydrogen) atoms. The molecular weight excluding hydrogens is 612 g/mol. The Labute approximate surface area is 269 Å². The molecular formula is C34H33ClN4O5S. The van der Waals surface area contributed by atoms with E-state index in [0.29, 0.717) is 57.3 Å². The number of benzene rings is 2. The summed E-state index contributed by atoms with van der Waals surface area (Å²) in [5, 5.41) is 12.7. The summed E-state index contributed by atoms with van der Waals surface area (Å²) >= 11 is 7.48. The summed E-state index contributed by atoms with van der Waals surface area (Å²) in [5.74, 6) is -0.950. The van der Waals surface area contributed by atoms with Crippen LogP contribution in [0.4, 0.5) is 5.13 Å². The molecule has 1 unspecified atom stereocenters. The van der Waals surface area contributed by atoms with E-state index in [1.54, 1.807) is 36.4 Å². The van der Waals surface area contributed by atoms with Gasteiger partial charge in [-0.25, -0.2) is 9.97 Å². The van der Waals surface area contributed by atoms with E-state index >= 15 is 0 Å². The van der Waals surface area contributed by atoms with Crippen molar-refractivity contribution in [1.82, 2.24) is 14.4 Å². The molecule has 0 aliphatic carbocycles. The molecule has 0 bridgehead atoms. The second-order valence-corrected chi connectivity index (χ2v) is 12.3. The second kappa shape index (κ2) is 12.5. The minimum absolute atomic E-state index is 0.0829. The zero-order valence-electron chi connectivity index (χ0n) is 25.5. The fourth-order valence-electron chi connectivity index (χ4n) is 5.63. The van der Waals surface area contributed by atoms with Gasteiger partial charge in [0.25, 0.3) is 5.78 Å². The monoisotopic (exact) mass is 644 g/mol. The number of hydrogen-bond acceptors (Lipinski definition) is 8. The van der Waals surface area contributed by atoms with Gasteiger partial charge in [-0.15, -0.1) is 0 Å². The van der Waals surface area contributed by atoms with Crippen LogP contribution in [0.5, 0.6) is 11.5 Å². The number of aromatic nitrogens is 3. The maximum Gasteiger partial charge on any atom is 0.301 e. The van der Waals surface area contributed by atoms with E-state index in [9.17, 15) is 14.7 Å². The molecule has 4 heterocycles. The van der Waals surface area contributed by atoms with Gasteiger partial charge < -0.3 is 19.0 Å². The molecule has 1 saturated heterocycles. The fourth-order valence-corrected chi connectivity index (χ4v) is 6.89.